The van der Waals surface area contributed by atoms with Crippen molar-refractivity contribution in [3.8, 4) is 0 Å². The Morgan fingerprint density at radius 1 is 0.778 bits per heavy atom. The number of rotatable bonds is 3. The smallest absolute Gasteiger partial charge is 0.0621 e. The summed E-state index contributed by atoms with van der Waals surface area (Å²) in [5, 5.41) is 11.4. The molecule has 1 N–H and O–H groups in total. The number of aliphatic hydroxyl groups is 1. The third kappa shape index (κ3) is 3.05. The third-order valence-electron chi connectivity index (χ3n) is 2.94. The van der Waals surface area contributed by atoms with E-state index in [2.05, 4.69) is 0 Å². The monoisotopic (exact) mass is 280 g/mol. The maximum absolute atomic E-state index is 9.99. The summed E-state index contributed by atoms with van der Waals surface area (Å²) in [6.45, 7) is 1.79. The van der Waals surface area contributed by atoms with E-state index in [-0.39, 0.29) is 5.92 Å². The molecule has 0 fully saturated rings. The Morgan fingerprint density at radius 3 is 1.39 bits per heavy atom. The molecule has 0 aliphatic carbocycles. The Kier molecular flexibility index (Phi) is 4.28. The first-order valence-electron chi connectivity index (χ1n) is 5.77. The summed E-state index contributed by atoms with van der Waals surface area (Å²) in [5.74, 6) is -0.0699. The Balaban J connectivity index is 2.39. The molecule has 0 aromatic heterocycles. The Hall–Kier alpha value is -1.02. The molecule has 0 amide bonds. The minimum atomic E-state index is -0.479. The van der Waals surface area contributed by atoms with Crippen LogP contribution >= 0.6 is 23.2 Å². The van der Waals surface area contributed by atoms with Crippen molar-refractivity contribution in [3.63, 3.8) is 0 Å². The molecule has 2 aromatic carbocycles. The highest BCUT2D eigenvalue weighted by molar-refractivity contribution is 6.30. The predicted octanol–water partition coefficient (Wildman–Crippen LogP) is 4.51. The maximum atomic E-state index is 9.99. The lowest BCUT2D eigenvalue weighted by molar-refractivity contribution is 0.176. The van der Waals surface area contributed by atoms with Gasteiger partial charge in [-0.05, 0) is 42.3 Å². The molecule has 3 heteroatoms. The molecule has 0 aliphatic heterocycles. The van der Waals surface area contributed by atoms with Crippen LogP contribution in [0.25, 0.3) is 0 Å². The summed E-state index contributed by atoms with van der Waals surface area (Å²) in [6.07, 6.45) is -0.479. The Morgan fingerprint density at radius 2 is 1.11 bits per heavy atom. The van der Waals surface area contributed by atoms with Crippen LogP contribution in [0.2, 0.25) is 10.0 Å². The van der Waals surface area contributed by atoms with Crippen LogP contribution in [0.1, 0.15) is 24.0 Å². The summed E-state index contributed by atoms with van der Waals surface area (Å²) in [7, 11) is 0. The SMILES string of the molecule is CC(O)C(c1ccc(Cl)cc1)c1ccc(Cl)cc1. The molecule has 1 atom stereocenters. The second-order valence-corrected chi connectivity index (χ2v) is 5.19. The molecule has 0 radical (unpaired) electrons. The van der Waals surface area contributed by atoms with E-state index in [0.29, 0.717) is 10.0 Å². The molecule has 0 saturated carbocycles. The van der Waals surface area contributed by atoms with Gasteiger partial charge < -0.3 is 5.11 Å². The van der Waals surface area contributed by atoms with Crippen molar-refractivity contribution < 1.29 is 5.11 Å². The van der Waals surface area contributed by atoms with Crippen molar-refractivity contribution in [2.75, 3.05) is 0 Å². The number of hydrogen-bond donors (Lipinski definition) is 1. The standard InChI is InChI=1S/C15H14Cl2O/c1-10(18)15(11-2-6-13(16)7-3-11)12-4-8-14(17)9-5-12/h2-10,15,18H,1H3. The second-order valence-electron chi connectivity index (χ2n) is 4.32. The first kappa shape index (κ1) is 13.4. The fraction of sp³-hybridized carbons (Fsp3) is 0.200. The molecular weight excluding hydrogens is 267 g/mol. The van der Waals surface area contributed by atoms with E-state index in [9.17, 15) is 5.11 Å². The van der Waals surface area contributed by atoms with E-state index in [4.69, 9.17) is 23.2 Å². The van der Waals surface area contributed by atoms with Crippen molar-refractivity contribution in [2.45, 2.75) is 18.9 Å². The van der Waals surface area contributed by atoms with Gasteiger partial charge in [-0.2, -0.15) is 0 Å². The zero-order chi connectivity index (χ0) is 13.1. The van der Waals surface area contributed by atoms with Crippen LogP contribution < -0.4 is 0 Å². The number of benzene rings is 2. The van der Waals surface area contributed by atoms with Gasteiger partial charge in [-0.25, -0.2) is 0 Å². The van der Waals surface area contributed by atoms with Gasteiger partial charge >= 0.3 is 0 Å². The van der Waals surface area contributed by atoms with Crippen LogP contribution in [0.5, 0.6) is 0 Å². The van der Waals surface area contributed by atoms with Crippen LogP contribution in [-0.2, 0) is 0 Å². The number of hydrogen-bond acceptors (Lipinski definition) is 1. The van der Waals surface area contributed by atoms with E-state index >= 15 is 0 Å². The number of aliphatic hydroxyl groups excluding tert-OH is 1. The van der Waals surface area contributed by atoms with E-state index in [1.54, 1.807) is 6.92 Å². The van der Waals surface area contributed by atoms with Gasteiger partial charge in [-0.1, -0.05) is 47.5 Å². The van der Waals surface area contributed by atoms with E-state index in [0.717, 1.165) is 11.1 Å². The van der Waals surface area contributed by atoms with Gasteiger partial charge in [0.1, 0.15) is 0 Å². The summed E-state index contributed by atoms with van der Waals surface area (Å²) in [4.78, 5) is 0. The second kappa shape index (κ2) is 5.75. The predicted molar refractivity (Wildman–Crippen MR) is 76.4 cm³/mol. The molecule has 18 heavy (non-hydrogen) atoms. The van der Waals surface area contributed by atoms with Gasteiger partial charge in [-0.3, -0.25) is 0 Å². The first-order chi connectivity index (χ1) is 8.58. The Bertz CT molecular complexity index is 458. The molecule has 0 heterocycles. The quantitative estimate of drug-likeness (QED) is 0.877. The van der Waals surface area contributed by atoms with Gasteiger partial charge in [0.05, 0.1) is 6.10 Å². The fourth-order valence-corrected chi connectivity index (χ4v) is 2.34. The fourth-order valence-electron chi connectivity index (χ4n) is 2.09. The summed E-state index contributed by atoms with van der Waals surface area (Å²) in [6, 6.07) is 15.1. The Labute approximate surface area is 117 Å². The molecule has 0 aliphatic rings. The summed E-state index contributed by atoms with van der Waals surface area (Å²) >= 11 is 11.8. The largest absolute Gasteiger partial charge is 0.392 e. The molecule has 94 valence electrons. The molecule has 1 unspecified atom stereocenters. The van der Waals surface area contributed by atoms with Gasteiger partial charge in [-0.15, -0.1) is 0 Å². The summed E-state index contributed by atoms with van der Waals surface area (Å²) in [5.41, 5.74) is 2.08. The van der Waals surface area contributed by atoms with Gasteiger partial charge in [0, 0.05) is 16.0 Å². The van der Waals surface area contributed by atoms with E-state index in [1.807, 2.05) is 48.5 Å². The number of halogens is 2. The van der Waals surface area contributed by atoms with Gasteiger partial charge in [0.15, 0.2) is 0 Å². The van der Waals surface area contributed by atoms with Crippen molar-refractivity contribution in [3.05, 3.63) is 69.7 Å². The van der Waals surface area contributed by atoms with Crippen LogP contribution in [0.15, 0.2) is 48.5 Å². The molecular formula is C15H14Cl2O. The minimum Gasteiger partial charge on any atom is -0.392 e. The average Bonchev–Trinajstić information content (AvgIpc) is 2.34. The molecule has 0 bridgehead atoms. The van der Waals surface area contributed by atoms with Crippen molar-refractivity contribution in [2.24, 2.45) is 0 Å². The molecule has 0 spiro atoms. The molecule has 2 rings (SSSR count). The van der Waals surface area contributed by atoms with Gasteiger partial charge in [0.25, 0.3) is 0 Å². The molecule has 0 saturated heterocycles. The zero-order valence-electron chi connectivity index (χ0n) is 9.98. The lowest BCUT2D eigenvalue weighted by Gasteiger charge is -2.21. The van der Waals surface area contributed by atoms with E-state index < -0.39 is 6.10 Å². The van der Waals surface area contributed by atoms with Crippen molar-refractivity contribution >= 4 is 23.2 Å². The van der Waals surface area contributed by atoms with Gasteiger partial charge in [0.2, 0.25) is 0 Å². The highest BCUT2D eigenvalue weighted by Crippen LogP contribution is 2.29. The van der Waals surface area contributed by atoms with Crippen LogP contribution in [0, 0.1) is 0 Å². The van der Waals surface area contributed by atoms with Crippen molar-refractivity contribution in [1.29, 1.82) is 0 Å². The van der Waals surface area contributed by atoms with Crippen LogP contribution in [0.4, 0.5) is 0 Å². The first-order valence-corrected chi connectivity index (χ1v) is 6.52. The molecule has 2 aromatic rings. The normalized spacial score (nSPS) is 12.7. The van der Waals surface area contributed by atoms with Crippen molar-refractivity contribution in [1.82, 2.24) is 0 Å². The van der Waals surface area contributed by atoms with Crippen LogP contribution in [-0.4, -0.2) is 11.2 Å². The lowest BCUT2D eigenvalue weighted by atomic mass is 9.87. The third-order valence-corrected chi connectivity index (χ3v) is 3.44. The topological polar surface area (TPSA) is 20.2 Å². The molecule has 1 nitrogen and oxygen atoms in total. The average molecular weight is 281 g/mol. The summed E-state index contributed by atoms with van der Waals surface area (Å²) < 4.78 is 0. The van der Waals surface area contributed by atoms with E-state index in [1.165, 1.54) is 0 Å². The maximum Gasteiger partial charge on any atom is 0.0621 e. The lowest BCUT2D eigenvalue weighted by Crippen LogP contribution is -2.15. The minimum absolute atomic E-state index is 0.0699. The highest BCUT2D eigenvalue weighted by atomic mass is 35.5. The van der Waals surface area contributed by atoms with Crippen LogP contribution in [0.3, 0.4) is 0 Å². The highest BCUT2D eigenvalue weighted by Gasteiger charge is 2.19. The zero-order valence-corrected chi connectivity index (χ0v) is 11.5.